The van der Waals surface area contributed by atoms with E-state index in [-0.39, 0.29) is 18.3 Å². The Labute approximate surface area is 121 Å². The van der Waals surface area contributed by atoms with Gasteiger partial charge in [0.2, 0.25) is 5.91 Å². The first-order valence-corrected chi connectivity index (χ1v) is 6.80. The van der Waals surface area contributed by atoms with Crippen LogP contribution in [0.1, 0.15) is 30.4 Å². The normalized spacial score (nSPS) is 17.8. The first kappa shape index (κ1) is 16.0. The molecule has 0 bridgehead atoms. The minimum absolute atomic E-state index is 0. The van der Waals surface area contributed by atoms with Gasteiger partial charge in [0, 0.05) is 19.0 Å². The van der Waals surface area contributed by atoms with Crippen LogP contribution in [-0.4, -0.2) is 25.0 Å². The van der Waals surface area contributed by atoms with Crippen molar-refractivity contribution in [2.24, 2.45) is 0 Å². The topological polar surface area (TPSA) is 41.1 Å². The molecule has 1 aliphatic heterocycles. The van der Waals surface area contributed by atoms with E-state index in [1.807, 2.05) is 12.1 Å². The third-order valence-electron chi connectivity index (χ3n) is 3.57. The molecule has 1 aliphatic rings. The number of hydrogen-bond acceptors (Lipinski definition) is 2. The molecule has 2 rings (SSSR count). The van der Waals surface area contributed by atoms with E-state index in [9.17, 15) is 4.79 Å². The Bertz CT molecular complexity index is 403. The van der Waals surface area contributed by atoms with Crippen LogP contribution in [0, 0.1) is 6.92 Å². The Kier molecular flexibility index (Phi) is 6.89. The molecule has 0 aliphatic carbocycles. The van der Waals surface area contributed by atoms with E-state index in [4.69, 9.17) is 0 Å². The summed E-state index contributed by atoms with van der Waals surface area (Å²) in [6, 6.07) is 8.72. The highest BCUT2D eigenvalue weighted by Crippen LogP contribution is 2.09. The van der Waals surface area contributed by atoms with E-state index in [0.717, 1.165) is 25.9 Å². The maximum Gasteiger partial charge on any atom is 0.221 e. The highest BCUT2D eigenvalue weighted by Gasteiger charge is 2.17. The summed E-state index contributed by atoms with van der Waals surface area (Å²) >= 11 is 0. The van der Waals surface area contributed by atoms with Gasteiger partial charge in [-0.3, -0.25) is 4.79 Å². The molecule has 0 saturated carbocycles. The largest absolute Gasteiger partial charge is 0.356 e. The Morgan fingerprint density at radius 1 is 1.42 bits per heavy atom. The molecule has 3 nitrogen and oxygen atoms in total. The van der Waals surface area contributed by atoms with Gasteiger partial charge in [-0.25, -0.2) is 0 Å². The maximum absolute atomic E-state index is 11.7. The third kappa shape index (κ3) is 5.21. The zero-order valence-electron chi connectivity index (χ0n) is 11.4. The first-order chi connectivity index (χ1) is 8.75. The van der Waals surface area contributed by atoms with Crippen molar-refractivity contribution >= 4 is 18.3 Å². The average Bonchev–Trinajstić information content (AvgIpc) is 2.84. The van der Waals surface area contributed by atoms with Gasteiger partial charge in [0.1, 0.15) is 0 Å². The molecule has 1 saturated heterocycles. The summed E-state index contributed by atoms with van der Waals surface area (Å²) in [5.41, 5.74) is 2.61. The van der Waals surface area contributed by atoms with Gasteiger partial charge in [-0.05, 0) is 43.9 Å². The standard InChI is InChI=1S/C15H22N2O.ClH/c1-12-5-2-3-6-13(12)8-10-17-15(18)11-14-7-4-9-16-14;/h2-3,5-6,14,16H,4,7-11H2,1H3,(H,17,18);1H. The average molecular weight is 283 g/mol. The van der Waals surface area contributed by atoms with E-state index in [1.165, 1.54) is 17.5 Å². The fraction of sp³-hybridized carbons (Fsp3) is 0.533. The summed E-state index contributed by atoms with van der Waals surface area (Å²) in [6.07, 6.45) is 3.86. The fourth-order valence-corrected chi connectivity index (χ4v) is 2.45. The number of benzene rings is 1. The smallest absolute Gasteiger partial charge is 0.221 e. The summed E-state index contributed by atoms with van der Waals surface area (Å²) < 4.78 is 0. The van der Waals surface area contributed by atoms with Gasteiger partial charge in [0.05, 0.1) is 0 Å². The first-order valence-electron chi connectivity index (χ1n) is 6.80. The second-order valence-electron chi connectivity index (χ2n) is 5.02. The second kappa shape index (κ2) is 8.18. The van der Waals surface area contributed by atoms with Crippen LogP contribution in [0.25, 0.3) is 0 Å². The SMILES string of the molecule is Cc1ccccc1CCNC(=O)CC1CCCN1.Cl. The minimum Gasteiger partial charge on any atom is -0.356 e. The zero-order valence-corrected chi connectivity index (χ0v) is 12.3. The molecule has 106 valence electrons. The van der Waals surface area contributed by atoms with Gasteiger partial charge in [-0.2, -0.15) is 0 Å². The molecule has 1 aromatic rings. The number of carbonyl (C=O) groups is 1. The van der Waals surface area contributed by atoms with Gasteiger partial charge in [-0.1, -0.05) is 24.3 Å². The Balaban J connectivity index is 0.00000180. The number of halogens is 1. The Hall–Kier alpha value is -1.06. The van der Waals surface area contributed by atoms with Crippen molar-refractivity contribution in [3.05, 3.63) is 35.4 Å². The molecule has 1 fully saturated rings. The summed E-state index contributed by atoms with van der Waals surface area (Å²) in [4.78, 5) is 11.7. The highest BCUT2D eigenvalue weighted by atomic mass is 35.5. The minimum atomic E-state index is 0. The molecular weight excluding hydrogens is 260 g/mol. The lowest BCUT2D eigenvalue weighted by Gasteiger charge is -2.11. The van der Waals surface area contributed by atoms with Crippen molar-refractivity contribution in [2.75, 3.05) is 13.1 Å². The van der Waals surface area contributed by atoms with Crippen molar-refractivity contribution in [3.63, 3.8) is 0 Å². The van der Waals surface area contributed by atoms with E-state index in [2.05, 4.69) is 29.7 Å². The van der Waals surface area contributed by atoms with Crippen LogP contribution in [-0.2, 0) is 11.2 Å². The Morgan fingerprint density at radius 3 is 2.89 bits per heavy atom. The van der Waals surface area contributed by atoms with Gasteiger partial charge in [0.15, 0.2) is 0 Å². The van der Waals surface area contributed by atoms with Crippen LogP contribution < -0.4 is 10.6 Å². The van der Waals surface area contributed by atoms with Crippen molar-refractivity contribution in [1.82, 2.24) is 10.6 Å². The number of hydrogen-bond donors (Lipinski definition) is 2. The van der Waals surface area contributed by atoms with Crippen LogP contribution in [0.4, 0.5) is 0 Å². The van der Waals surface area contributed by atoms with Gasteiger partial charge >= 0.3 is 0 Å². The fourth-order valence-electron chi connectivity index (χ4n) is 2.45. The molecule has 2 N–H and O–H groups in total. The number of nitrogens with one attached hydrogen (secondary N) is 2. The van der Waals surface area contributed by atoms with Crippen molar-refractivity contribution in [2.45, 2.75) is 38.6 Å². The van der Waals surface area contributed by atoms with Crippen LogP contribution in [0.5, 0.6) is 0 Å². The third-order valence-corrected chi connectivity index (χ3v) is 3.57. The monoisotopic (exact) mass is 282 g/mol. The van der Waals surface area contributed by atoms with Crippen LogP contribution in [0.2, 0.25) is 0 Å². The van der Waals surface area contributed by atoms with Crippen molar-refractivity contribution < 1.29 is 4.79 Å². The molecule has 1 heterocycles. The van der Waals surface area contributed by atoms with Crippen molar-refractivity contribution in [3.8, 4) is 0 Å². The maximum atomic E-state index is 11.7. The van der Waals surface area contributed by atoms with E-state index in [1.54, 1.807) is 0 Å². The van der Waals surface area contributed by atoms with Crippen molar-refractivity contribution in [1.29, 1.82) is 0 Å². The molecule has 4 heteroatoms. The quantitative estimate of drug-likeness (QED) is 0.869. The molecule has 0 spiro atoms. The van der Waals surface area contributed by atoms with Crippen LogP contribution >= 0.6 is 12.4 Å². The molecule has 0 radical (unpaired) electrons. The number of rotatable bonds is 5. The van der Waals surface area contributed by atoms with Gasteiger partial charge < -0.3 is 10.6 Å². The van der Waals surface area contributed by atoms with Crippen LogP contribution in [0.3, 0.4) is 0 Å². The molecule has 1 atom stereocenters. The summed E-state index contributed by atoms with van der Waals surface area (Å²) in [5.74, 6) is 0.169. The predicted octanol–water partition coefficient (Wildman–Crippen LogP) is 2.22. The molecule has 1 aromatic carbocycles. The van der Waals surface area contributed by atoms with Gasteiger partial charge in [0.25, 0.3) is 0 Å². The number of aryl methyl sites for hydroxylation is 1. The van der Waals surface area contributed by atoms with E-state index < -0.39 is 0 Å². The second-order valence-corrected chi connectivity index (χ2v) is 5.02. The van der Waals surface area contributed by atoms with Gasteiger partial charge in [-0.15, -0.1) is 12.4 Å². The van der Waals surface area contributed by atoms with E-state index >= 15 is 0 Å². The van der Waals surface area contributed by atoms with E-state index in [0.29, 0.717) is 12.5 Å². The van der Waals surface area contributed by atoms with Crippen LogP contribution in [0.15, 0.2) is 24.3 Å². The Morgan fingerprint density at radius 2 is 2.21 bits per heavy atom. The summed E-state index contributed by atoms with van der Waals surface area (Å²) in [7, 11) is 0. The molecule has 19 heavy (non-hydrogen) atoms. The summed E-state index contributed by atoms with van der Waals surface area (Å²) in [6.45, 7) is 3.90. The summed E-state index contributed by atoms with van der Waals surface area (Å²) in [5, 5.41) is 6.35. The predicted molar refractivity (Wildman–Crippen MR) is 80.8 cm³/mol. The molecule has 1 amide bonds. The number of amides is 1. The molecule has 0 aromatic heterocycles. The lowest BCUT2D eigenvalue weighted by molar-refractivity contribution is -0.121. The molecule has 1 unspecified atom stereocenters. The zero-order chi connectivity index (χ0) is 12.8. The molecular formula is C15H23ClN2O. The lowest BCUT2D eigenvalue weighted by atomic mass is 10.1. The number of carbonyl (C=O) groups excluding carboxylic acids is 1. The highest BCUT2D eigenvalue weighted by molar-refractivity contribution is 5.85. The lowest BCUT2D eigenvalue weighted by Crippen LogP contribution is -2.32.